The highest BCUT2D eigenvalue weighted by atomic mass is 15.2. The predicted octanol–water partition coefficient (Wildman–Crippen LogP) is 19.2. The molecule has 3 saturated carbocycles. The summed E-state index contributed by atoms with van der Waals surface area (Å²) in [5.41, 5.74) is 16.5. The zero-order chi connectivity index (χ0) is 46.1. The largest absolute Gasteiger partial charge is 0.333 e. The van der Waals surface area contributed by atoms with Gasteiger partial charge in [0.05, 0.1) is 11.7 Å². The maximum atomic E-state index is 2.88. The Morgan fingerprint density at radius 3 is 1.96 bits per heavy atom. The number of hydrogen-bond acceptors (Lipinski definition) is 2. The summed E-state index contributed by atoms with van der Waals surface area (Å²) in [6.07, 6.45) is 44.1. The Bertz CT molecular complexity index is 3300. The third kappa shape index (κ3) is 7.16. The summed E-state index contributed by atoms with van der Waals surface area (Å²) < 4.78 is 0. The Labute approximate surface area is 416 Å². The molecule has 14 rings (SSSR count). The average molecular weight is 915 g/mol. The van der Waals surface area contributed by atoms with Gasteiger partial charge < -0.3 is 9.80 Å². The van der Waals surface area contributed by atoms with Gasteiger partial charge in [0, 0.05) is 44.8 Å². The van der Waals surface area contributed by atoms with E-state index in [1.165, 1.54) is 199 Å². The van der Waals surface area contributed by atoms with Gasteiger partial charge in [0.1, 0.15) is 0 Å². The third-order valence-electron chi connectivity index (χ3n) is 18.8. The van der Waals surface area contributed by atoms with Gasteiger partial charge in [0.2, 0.25) is 0 Å². The number of anilines is 4. The van der Waals surface area contributed by atoms with Crippen LogP contribution in [-0.2, 0) is 12.8 Å². The molecule has 7 aliphatic rings. The van der Waals surface area contributed by atoms with E-state index in [2.05, 4.69) is 149 Å². The monoisotopic (exact) mass is 915 g/mol. The first-order chi connectivity index (χ1) is 34.8. The highest BCUT2D eigenvalue weighted by Crippen LogP contribution is 2.55. The normalized spacial score (nSPS) is 23.0. The lowest BCUT2D eigenvalue weighted by molar-refractivity contribution is 0.413. The molecule has 7 aliphatic carbocycles. The molecule has 3 fully saturated rings. The number of fused-ring (bicyclic) bond motifs is 4. The van der Waals surface area contributed by atoms with Crippen LogP contribution < -0.4 is 9.80 Å². The molecule has 7 aromatic rings. The second kappa shape index (κ2) is 18.1. The first kappa shape index (κ1) is 43.0. The smallest absolute Gasteiger partial charge is 0.0591 e. The molecule has 3 unspecified atom stereocenters. The molecule has 0 bridgehead atoms. The molecule has 0 heterocycles. The average Bonchev–Trinajstić information content (AvgIpc) is 3.43. The molecular formula is C68H70N2. The van der Waals surface area contributed by atoms with Crippen LogP contribution in [0.4, 0.5) is 22.7 Å². The third-order valence-corrected chi connectivity index (χ3v) is 18.8. The van der Waals surface area contributed by atoms with E-state index >= 15 is 0 Å². The Morgan fingerprint density at radius 1 is 0.471 bits per heavy atom. The molecular weight excluding hydrogens is 845 g/mol. The SMILES string of the molecule is C1=CC(N(c2cccc3ccccc23)c2cc(C3CCCCC3)c3ccc4c(N(C5=C6C=CCCC6CC=C5)c5cccc6c5CCCC6)cc(C5CCCCC5)c5ccc2c3c54)C2CCCCC2=C1. The van der Waals surface area contributed by atoms with Crippen molar-refractivity contribution in [3.8, 4) is 0 Å². The van der Waals surface area contributed by atoms with Crippen molar-refractivity contribution in [1.29, 1.82) is 0 Å². The number of benzene rings is 7. The van der Waals surface area contributed by atoms with E-state index in [-0.39, 0.29) is 6.04 Å². The van der Waals surface area contributed by atoms with Gasteiger partial charge in [-0.15, -0.1) is 0 Å². The minimum atomic E-state index is 0.236. The topological polar surface area (TPSA) is 6.48 Å². The molecule has 0 spiro atoms. The summed E-state index contributed by atoms with van der Waals surface area (Å²) >= 11 is 0. The van der Waals surface area contributed by atoms with Crippen LogP contribution in [0.2, 0.25) is 0 Å². The van der Waals surface area contributed by atoms with Crippen LogP contribution in [0.25, 0.3) is 43.1 Å². The van der Waals surface area contributed by atoms with Crippen LogP contribution in [-0.4, -0.2) is 6.04 Å². The van der Waals surface area contributed by atoms with Gasteiger partial charge in [0.25, 0.3) is 0 Å². The molecule has 352 valence electrons. The Hall–Kier alpha value is -5.86. The van der Waals surface area contributed by atoms with Crippen LogP contribution in [0.5, 0.6) is 0 Å². The lowest BCUT2D eigenvalue weighted by atomic mass is 9.75. The Morgan fingerprint density at radius 2 is 1.14 bits per heavy atom. The fraction of sp³-hybridized carbons (Fsp3) is 0.382. The van der Waals surface area contributed by atoms with Gasteiger partial charge in [-0.3, -0.25) is 0 Å². The number of allylic oxidation sites excluding steroid dienone is 7. The zero-order valence-corrected chi connectivity index (χ0v) is 41.4. The second-order valence-corrected chi connectivity index (χ2v) is 22.7. The maximum absolute atomic E-state index is 2.88. The van der Waals surface area contributed by atoms with Crippen LogP contribution in [0.3, 0.4) is 0 Å². The van der Waals surface area contributed by atoms with Crippen molar-refractivity contribution in [2.75, 3.05) is 9.80 Å². The van der Waals surface area contributed by atoms with Crippen molar-refractivity contribution in [2.45, 2.75) is 153 Å². The molecule has 2 nitrogen and oxygen atoms in total. The lowest BCUT2D eigenvalue weighted by Gasteiger charge is -2.43. The Balaban J connectivity index is 1.11. The van der Waals surface area contributed by atoms with Crippen molar-refractivity contribution in [3.63, 3.8) is 0 Å². The highest BCUT2D eigenvalue weighted by molar-refractivity contribution is 6.29. The van der Waals surface area contributed by atoms with Gasteiger partial charge in [-0.05, 0) is 193 Å². The van der Waals surface area contributed by atoms with Gasteiger partial charge in [0.15, 0.2) is 0 Å². The molecule has 0 amide bonds. The quantitative estimate of drug-likeness (QED) is 0.140. The molecule has 2 heteroatoms. The molecule has 0 N–H and O–H groups in total. The van der Waals surface area contributed by atoms with Crippen molar-refractivity contribution in [2.24, 2.45) is 11.8 Å². The van der Waals surface area contributed by atoms with Crippen LogP contribution in [0.1, 0.15) is 156 Å². The molecule has 70 heavy (non-hydrogen) atoms. The van der Waals surface area contributed by atoms with E-state index in [0.29, 0.717) is 23.7 Å². The zero-order valence-electron chi connectivity index (χ0n) is 41.4. The van der Waals surface area contributed by atoms with E-state index < -0.39 is 0 Å². The summed E-state index contributed by atoms with van der Waals surface area (Å²) in [5.74, 6) is 2.18. The molecule has 0 radical (unpaired) electrons. The van der Waals surface area contributed by atoms with Crippen molar-refractivity contribution in [3.05, 3.63) is 179 Å². The van der Waals surface area contributed by atoms with Crippen molar-refractivity contribution >= 4 is 65.8 Å². The fourth-order valence-corrected chi connectivity index (χ4v) is 15.5. The fourth-order valence-electron chi connectivity index (χ4n) is 15.5. The summed E-state index contributed by atoms with van der Waals surface area (Å²) in [6.45, 7) is 0. The number of rotatable bonds is 8. The molecule has 3 atom stereocenters. The van der Waals surface area contributed by atoms with Crippen molar-refractivity contribution < 1.29 is 0 Å². The van der Waals surface area contributed by atoms with Gasteiger partial charge in [-0.2, -0.15) is 0 Å². The first-order valence-corrected chi connectivity index (χ1v) is 28.2. The second-order valence-electron chi connectivity index (χ2n) is 22.7. The Kier molecular flexibility index (Phi) is 11.1. The van der Waals surface area contributed by atoms with E-state index in [9.17, 15) is 0 Å². The van der Waals surface area contributed by atoms with Gasteiger partial charge in [-0.25, -0.2) is 0 Å². The molecule has 0 saturated heterocycles. The number of aryl methyl sites for hydroxylation is 1. The minimum absolute atomic E-state index is 0.236. The summed E-state index contributed by atoms with van der Waals surface area (Å²) in [7, 11) is 0. The predicted molar refractivity (Wildman–Crippen MR) is 299 cm³/mol. The first-order valence-electron chi connectivity index (χ1n) is 28.2. The molecule has 0 aromatic heterocycles. The summed E-state index contributed by atoms with van der Waals surface area (Å²) in [4.78, 5) is 5.70. The molecule has 7 aromatic carbocycles. The lowest BCUT2D eigenvalue weighted by Crippen LogP contribution is -2.39. The van der Waals surface area contributed by atoms with Gasteiger partial charge in [-0.1, -0.05) is 160 Å². The van der Waals surface area contributed by atoms with E-state index in [1.807, 2.05) is 0 Å². The van der Waals surface area contributed by atoms with Crippen molar-refractivity contribution in [1.82, 2.24) is 0 Å². The number of nitrogens with zero attached hydrogens (tertiary/aromatic N) is 2. The summed E-state index contributed by atoms with van der Waals surface area (Å²) in [6, 6.07) is 39.8. The minimum Gasteiger partial charge on any atom is -0.333 e. The van der Waals surface area contributed by atoms with Crippen LogP contribution in [0, 0.1) is 11.8 Å². The highest BCUT2D eigenvalue weighted by Gasteiger charge is 2.37. The van der Waals surface area contributed by atoms with Crippen LogP contribution >= 0.6 is 0 Å². The van der Waals surface area contributed by atoms with E-state index in [4.69, 9.17) is 0 Å². The van der Waals surface area contributed by atoms with Crippen LogP contribution in [0.15, 0.2) is 156 Å². The standard InChI is InChI=1S/C68H70N2/c1-3-19-49(20-4-1)59-43-65(69(61-35-15-27-45-23-7-11-31-51(45)61)62-36-16-28-46-24-8-12-32-52(46)62)57-42-40-56-60(50-21-5-2-6-22-50)44-66(58-41-39-55(59)67(57)68(56)58)70(63-37-17-29-47-25-9-13-33-53(47)63)64-38-18-30-48-26-10-14-34-54(48)64/h7,11,13,15-18,23,27-28,30-31,33,35-44,47,49-50,52,62H,1-6,8-10,12,14,19-22,24-26,29,32,34H2. The summed E-state index contributed by atoms with van der Waals surface area (Å²) in [5, 5.41) is 11.5. The molecule has 0 aliphatic heterocycles. The van der Waals surface area contributed by atoms with E-state index in [1.54, 1.807) is 27.8 Å². The number of hydrogen-bond donors (Lipinski definition) is 0. The maximum Gasteiger partial charge on any atom is 0.0591 e. The van der Waals surface area contributed by atoms with Gasteiger partial charge >= 0.3 is 0 Å². The van der Waals surface area contributed by atoms with E-state index in [0.717, 1.165) is 12.8 Å².